The molecule has 9 heteroatoms. The lowest BCUT2D eigenvalue weighted by Crippen LogP contribution is -2.40. The topological polar surface area (TPSA) is 42.0 Å². The number of rotatable bonds is 3. The summed E-state index contributed by atoms with van der Waals surface area (Å²) in [6, 6.07) is 0. The summed E-state index contributed by atoms with van der Waals surface area (Å²) in [6.07, 6.45) is -2.79. The molecule has 1 aromatic heterocycles. The molecule has 0 radical (unpaired) electrons. The van der Waals surface area contributed by atoms with Gasteiger partial charge in [0.25, 0.3) is 0 Å². The third-order valence-corrected chi connectivity index (χ3v) is 2.67. The van der Waals surface area contributed by atoms with E-state index in [0.29, 0.717) is 3.79 Å². The number of anilines is 1. The number of alkyl halides is 4. The van der Waals surface area contributed by atoms with Crippen LogP contribution in [0.1, 0.15) is 0 Å². The maximum absolute atomic E-state index is 12.4. The highest BCUT2D eigenvalue weighted by Crippen LogP contribution is 2.27. The van der Waals surface area contributed by atoms with Crippen molar-refractivity contribution in [2.24, 2.45) is 0 Å². The van der Waals surface area contributed by atoms with Gasteiger partial charge in [0.1, 0.15) is 0 Å². The Morgan fingerprint density at radius 2 is 2.20 bits per heavy atom. The summed E-state index contributed by atoms with van der Waals surface area (Å²) in [6.45, 7) is 0. The Morgan fingerprint density at radius 1 is 1.60 bits per heavy atom. The molecule has 84 valence electrons. The number of carbonyl (C=O) groups excluding carboxylic acids is 1. The van der Waals surface area contributed by atoms with E-state index in [1.54, 1.807) is 5.32 Å². The second-order valence-electron chi connectivity index (χ2n) is 2.35. The van der Waals surface area contributed by atoms with Gasteiger partial charge >= 0.3 is 18.3 Å². The van der Waals surface area contributed by atoms with Crippen molar-refractivity contribution in [2.75, 3.05) is 5.32 Å². The summed E-state index contributed by atoms with van der Waals surface area (Å²) in [5.41, 5.74) is 0. The minimum absolute atomic E-state index is 0.174. The van der Waals surface area contributed by atoms with Crippen LogP contribution >= 0.6 is 27.3 Å². The average molecular weight is 307 g/mol. The molecule has 0 bridgehead atoms. The first-order valence-electron chi connectivity index (χ1n) is 3.42. The molecule has 1 aromatic rings. The van der Waals surface area contributed by atoms with Crippen molar-refractivity contribution in [3.63, 3.8) is 0 Å². The number of halogens is 5. The van der Waals surface area contributed by atoms with Crippen LogP contribution in [0.3, 0.4) is 0 Å². The van der Waals surface area contributed by atoms with Gasteiger partial charge in [0.05, 0.1) is 9.98 Å². The first-order valence-corrected chi connectivity index (χ1v) is 5.03. The fourth-order valence-corrected chi connectivity index (χ4v) is 1.69. The minimum atomic E-state index is -4.71. The summed E-state index contributed by atoms with van der Waals surface area (Å²) in [5.74, 6) is -6.78. The van der Waals surface area contributed by atoms with Crippen molar-refractivity contribution in [1.29, 1.82) is 0 Å². The fraction of sp³-hybridized carbons (Fsp3) is 0.333. The van der Waals surface area contributed by atoms with Crippen molar-refractivity contribution in [3.05, 3.63) is 9.98 Å². The molecule has 0 aromatic carbocycles. The van der Waals surface area contributed by atoms with E-state index < -0.39 is 18.3 Å². The van der Waals surface area contributed by atoms with Crippen molar-refractivity contribution in [2.45, 2.75) is 12.3 Å². The monoisotopic (exact) mass is 306 g/mol. The number of nitrogens with one attached hydrogen (secondary N) is 1. The molecular weight excluding hydrogens is 304 g/mol. The quantitative estimate of drug-likeness (QED) is 0.873. The zero-order valence-electron chi connectivity index (χ0n) is 6.81. The van der Waals surface area contributed by atoms with Crippen LogP contribution in [0.5, 0.6) is 0 Å². The molecular formula is C6H3BrF4N2OS. The Bertz CT molecular complexity index is 370. The molecule has 1 rings (SSSR count). The van der Waals surface area contributed by atoms with Crippen molar-refractivity contribution < 1.29 is 22.4 Å². The van der Waals surface area contributed by atoms with E-state index in [-0.39, 0.29) is 5.13 Å². The molecule has 0 atom stereocenters. The van der Waals surface area contributed by atoms with Crippen LogP contribution in [0.2, 0.25) is 0 Å². The van der Waals surface area contributed by atoms with Crippen molar-refractivity contribution in [1.82, 2.24) is 4.98 Å². The van der Waals surface area contributed by atoms with E-state index in [1.807, 2.05) is 0 Å². The molecule has 0 saturated heterocycles. The Morgan fingerprint density at radius 3 is 2.60 bits per heavy atom. The van der Waals surface area contributed by atoms with Crippen LogP contribution in [0.25, 0.3) is 0 Å². The van der Waals surface area contributed by atoms with Gasteiger partial charge in [0, 0.05) is 0 Å². The Labute approximate surface area is 93.6 Å². The minimum Gasteiger partial charge on any atom is -0.296 e. The van der Waals surface area contributed by atoms with Crippen molar-refractivity contribution in [3.8, 4) is 0 Å². The first-order chi connectivity index (χ1) is 6.84. The molecule has 15 heavy (non-hydrogen) atoms. The average Bonchev–Trinajstić information content (AvgIpc) is 2.50. The van der Waals surface area contributed by atoms with Gasteiger partial charge < -0.3 is 0 Å². The van der Waals surface area contributed by atoms with Gasteiger partial charge in [-0.1, -0.05) is 11.3 Å². The highest BCUT2D eigenvalue weighted by Gasteiger charge is 2.49. The summed E-state index contributed by atoms with van der Waals surface area (Å²) in [7, 11) is 0. The number of thiazole rings is 1. The first kappa shape index (κ1) is 12.4. The molecule has 1 amide bonds. The van der Waals surface area contributed by atoms with Crippen LogP contribution in [-0.4, -0.2) is 23.2 Å². The molecule has 0 aliphatic heterocycles. The number of hydrogen-bond donors (Lipinski definition) is 1. The molecule has 0 aliphatic carbocycles. The SMILES string of the molecule is O=C(Nc1ncc(Br)s1)C(F)(F)C(F)F. The predicted octanol–water partition coefficient (Wildman–Crippen LogP) is 2.74. The Hall–Kier alpha value is -0.700. The lowest BCUT2D eigenvalue weighted by Gasteiger charge is -2.13. The molecule has 0 aliphatic rings. The Balaban J connectivity index is 2.71. The summed E-state index contributed by atoms with van der Waals surface area (Å²) in [4.78, 5) is 14.2. The van der Waals surface area contributed by atoms with Gasteiger partial charge in [0.15, 0.2) is 5.13 Å². The molecule has 0 spiro atoms. The third-order valence-electron chi connectivity index (χ3n) is 1.27. The van der Waals surface area contributed by atoms with Crippen LogP contribution in [0, 0.1) is 0 Å². The van der Waals surface area contributed by atoms with Crippen LogP contribution < -0.4 is 5.32 Å². The van der Waals surface area contributed by atoms with E-state index >= 15 is 0 Å². The molecule has 1 N–H and O–H groups in total. The van der Waals surface area contributed by atoms with E-state index in [4.69, 9.17) is 0 Å². The van der Waals surface area contributed by atoms with Crippen LogP contribution in [0.4, 0.5) is 22.7 Å². The molecule has 0 fully saturated rings. The predicted molar refractivity (Wildman–Crippen MR) is 49.4 cm³/mol. The van der Waals surface area contributed by atoms with E-state index in [0.717, 1.165) is 11.3 Å². The second kappa shape index (κ2) is 4.44. The zero-order valence-corrected chi connectivity index (χ0v) is 9.21. The highest BCUT2D eigenvalue weighted by molar-refractivity contribution is 9.11. The number of nitrogens with zero attached hydrogens (tertiary/aromatic N) is 1. The van der Waals surface area contributed by atoms with E-state index in [2.05, 4.69) is 20.9 Å². The van der Waals surface area contributed by atoms with Crippen LogP contribution in [0.15, 0.2) is 9.98 Å². The summed E-state index contributed by atoms with van der Waals surface area (Å²) < 4.78 is 48.8. The lowest BCUT2D eigenvalue weighted by molar-refractivity contribution is -0.163. The van der Waals surface area contributed by atoms with Gasteiger partial charge in [-0.3, -0.25) is 10.1 Å². The van der Waals surface area contributed by atoms with Crippen LogP contribution in [-0.2, 0) is 4.79 Å². The maximum atomic E-state index is 12.4. The molecule has 3 nitrogen and oxygen atoms in total. The molecule has 0 saturated carbocycles. The van der Waals surface area contributed by atoms with Gasteiger partial charge in [-0.2, -0.15) is 8.78 Å². The van der Waals surface area contributed by atoms with Gasteiger partial charge in [-0.15, -0.1) is 0 Å². The standard InChI is InChI=1S/C6H3BrF4N2OS/c7-2-1-12-5(15-2)13-4(14)6(10,11)3(8)9/h1,3H,(H,12,13,14). The Kier molecular flexibility index (Phi) is 3.66. The van der Waals surface area contributed by atoms with Gasteiger partial charge in [-0.25, -0.2) is 13.8 Å². The summed E-state index contributed by atoms with van der Waals surface area (Å²) in [5, 5.41) is 1.42. The highest BCUT2D eigenvalue weighted by atomic mass is 79.9. The fourth-order valence-electron chi connectivity index (χ4n) is 0.592. The van der Waals surface area contributed by atoms with E-state index in [1.165, 1.54) is 6.20 Å². The van der Waals surface area contributed by atoms with Gasteiger partial charge in [-0.05, 0) is 15.9 Å². The molecule has 1 heterocycles. The second-order valence-corrected chi connectivity index (χ2v) is 4.76. The lowest BCUT2D eigenvalue weighted by atomic mass is 10.3. The number of hydrogen-bond acceptors (Lipinski definition) is 3. The summed E-state index contributed by atoms with van der Waals surface area (Å²) >= 11 is 3.81. The smallest absolute Gasteiger partial charge is 0.296 e. The number of amides is 1. The number of aromatic nitrogens is 1. The van der Waals surface area contributed by atoms with Gasteiger partial charge in [0.2, 0.25) is 0 Å². The van der Waals surface area contributed by atoms with E-state index in [9.17, 15) is 22.4 Å². The molecule has 0 unspecified atom stereocenters. The third kappa shape index (κ3) is 2.88. The number of carbonyl (C=O) groups is 1. The zero-order chi connectivity index (χ0) is 11.6. The normalized spacial score (nSPS) is 11.9. The van der Waals surface area contributed by atoms with Crippen molar-refractivity contribution >= 4 is 38.3 Å². The largest absolute Gasteiger partial charge is 0.383 e. The maximum Gasteiger partial charge on any atom is 0.383 e.